The van der Waals surface area contributed by atoms with Gasteiger partial charge < -0.3 is 14.5 Å². The minimum atomic E-state index is -4.88. The van der Waals surface area contributed by atoms with Gasteiger partial charge in [-0.2, -0.15) is 13.2 Å². The predicted molar refractivity (Wildman–Crippen MR) is 93.1 cm³/mol. The number of hydrogen-bond acceptors (Lipinski definition) is 3. The summed E-state index contributed by atoms with van der Waals surface area (Å²) in [5, 5.41) is 0.455. The van der Waals surface area contributed by atoms with Crippen molar-refractivity contribution in [2.45, 2.75) is 19.0 Å². The quantitative estimate of drug-likeness (QED) is 0.636. The zero-order valence-electron chi connectivity index (χ0n) is 13.7. The van der Waals surface area contributed by atoms with Crippen molar-refractivity contribution >= 4 is 39.3 Å². The molecular formula is C16H17BrClF3N2O3. The molecule has 0 saturated carbocycles. The van der Waals surface area contributed by atoms with E-state index in [1.54, 1.807) is 18.2 Å². The van der Waals surface area contributed by atoms with Crippen molar-refractivity contribution < 1.29 is 27.5 Å². The highest BCUT2D eigenvalue weighted by Gasteiger charge is 2.43. The second-order valence-corrected chi connectivity index (χ2v) is 7.02. The van der Waals surface area contributed by atoms with E-state index in [9.17, 15) is 22.8 Å². The molecule has 26 heavy (non-hydrogen) atoms. The molecule has 0 unspecified atom stereocenters. The third-order valence-corrected chi connectivity index (χ3v) is 4.64. The van der Waals surface area contributed by atoms with Crippen molar-refractivity contribution in [3.8, 4) is 5.75 Å². The first kappa shape index (κ1) is 20.8. The zero-order chi connectivity index (χ0) is 19.3. The maximum absolute atomic E-state index is 12.4. The van der Waals surface area contributed by atoms with E-state index in [1.807, 2.05) is 0 Å². The molecule has 2 rings (SSSR count). The molecule has 1 saturated heterocycles. The standard InChI is InChI=1S/C16H17BrClF3N2O3/c17-11-3-4-13(12(18)10-11)26-9-1-2-14(24)22-5-7-23(8-6-22)15(25)16(19,20)21/h3-4,10H,1-2,5-9H2. The van der Waals surface area contributed by atoms with Crippen LogP contribution in [0.25, 0.3) is 0 Å². The van der Waals surface area contributed by atoms with E-state index < -0.39 is 12.1 Å². The summed E-state index contributed by atoms with van der Waals surface area (Å²) in [6.07, 6.45) is -4.22. The number of benzene rings is 1. The van der Waals surface area contributed by atoms with Gasteiger partial charge in [-0.3, -0.25) is 9.59 Å². The van der Waals surface area contributed by atoms with Gasteiger partial charge >= 0.3 is 12.1 Å². The lowest BCUT2D eigenvalue weighted by Crippen LogP contribution is -2.53. The van der Waals surface area contributed by atoms with Crippen LogP contribution in [0.5, 0.6) is 5.75 Å². The molecule has 144 valence electrons. The van der Waals surface area contributed by atoms with Crippen molar-refractivity contribution in [2.75, 3.05) is 32.8 Å². The van der Waals surface area contributed by atoms with Gasteiger partial charge in [-0.25, -0.2) is 0 Å². The average molecular weight is 458 g/mol. The monoisotopic (exact) mass is 456 g/mol. The molecule has 10 heteroatoms. The number of halogens is 5. The van der Waals surface area contributed by atoms with Gasteiger partial charge in [-0.1, -0.05) is 27.5 Å². The second-order valence-electron chi connectivity index (χ2n) is 5.70. The third kappa shape index (κ3) is 5.77. The van der Waals surface area contributed by atoms with Crippen LogP contribution in [-0.2, 0) is 9.59 Å². The van der Waals surface area contributed by atoms with Crippen molar-refractivity contribution in [1.29, 1.82) is 0 Å². The topological polar surface area (TPSA) is 49.9 Å². The van der Waals surface area contributed by atoms with Gasteiger partial charge in [-0.15, -0.1) is 0 Å². The summed E-state index contributed by atoms with van der Waals surface area (Å²) >= 11 is 9.31. The first-order chi connectivity index (χ1) is 12.2. The number of alkyl halides is 3. The highest BCUT2D eigenvalue weighted by Crippen LogP contribution is 2.27. The molecule has 1 heterocycles. The minimum Gasteiger partial charge on any atom is -0.492 e. The lowest BCUT2D eigenvalue weighted by molar-refractivity contribution is -0.187. The Kier molecular flexibility index (Phi) is 7.16. The van der Waals surface area contributed by atoms with Crippen LogP contribution in [0.4, 0.5) is 13.2 Å². The van der Waals surface area contributed by atoms with Crippen molar-refractivity contribution in [2.24, 2.45) is 0 Å². The van der Waals surface area contributed by atoms with Crippen LogP contribution in [0.1, 0.15) is 12.8 Å². The van der Waals surface area contributed by atoms with E-state index in [4.69, 9.17) is 16.3 Å². The van der Waals surface area contributed by atoms with Crippen molar-refractivity contribution in [1.82, 2.24) is 9.80 Å². The van der Waals surface area contributed by atoms with Gasteiger partial charge in [0.1, 0.15) is 5.75 Å². The van der Waals surface area contributed by atoms with Crippen LogP contribution in [0.15, 0.2) is 22.7 Å². The first-order valence-electron chi connectivity index (χ1n) is 7.90. The van der Waals surface area contributed by atoms with E-state index in [1.165, 1.54) is 4.90 Å². The van der Waals surface area contributed by atoms with Crippen LogP contribution in [0.3, 0.4) is 0 Å². The number of rotatable bonds is 5. The molecule has 1 aromatic carbocycles. The number of carbonyl (C=O) groups excluding carboxylic acids is 2. The van der Waals surface area contributed by atoms with E-state index in [-0.39, 0.29) is 38.5 Å². The lowest BCUT2D eigenvalue weighted by atomic mass is 10.2. The Morgan fingerprint density at radius 1 is 1.15 bits per heavy atom. The molecule has 1 fully saturated rings. The Balaban J connectivity index is 1.70. The molecule has 0 radical (unpaired) electrons. The summed E-state index contributed by atoms with van der Waals surface area (Å²) in [5.41, 5.74) is 0. The molecule has 2 amide bonds. The van der Waals surface area contributed by atoms with E-state index in [0.29, 0.717) is 23.8 Å². The van der Waals surface area contributed by atoms with E-state index in [0.717, 1.165) is 9.37 Å². The Morgan fingerprint density at radius 3 is 2.35 bits per heavy atom. The Morgan fingerprint density at radius 2 is 1.77 bits per heavy atom. The Hall–Kier alpha value is -1.48. The summed E-state index contributed by atoms with van der Waals surface area (Å²) in [6.45, 7) is 0.254. The molecule has 0 atom stereocenters. The third-order valence-electron chi connectivity index (χ3n) is 3.85. The molecular weight excluding hydrogens is 441 g/mol. The molecule has 1 aromatic rings. The van der Waals surface area contributed by atoms with Crippen LogP contribution in [-0.4, -0.2) is 60.6 Å². The van der Waals surface area contributed by atoms with Crippen LogP contribution >= 0.6 is 27.5 Å². The SMILES string of the molecule is O=C(CCCOc1ccc(Br)cc1Cl)N1CCN(C(=O)C(F)(F)F)CC1. The normalized spacial score (nSPS) is 15.1. The minimum absolute atomic E-state index is 0.0973. The fourth-order valence-electron chi connectivity index (χ4n) is 2.49. The second kappa shape index (κ2) is 8.94. The highest BCUT2D eigenvalue weighted by molar-refractivity contribution is 9.10. The summed E-state index contributed by atoms with van der Waals surface area (Å²) < 4.78 is 43.5. The summed E-state index contributed by atoms with van der Waals surface area (Å²) in [4.78, 5) is 25.5. The van der Waals surface area contributed by atoms with Gasteiger partial charge in [0.25, 0.3) is 0 Å². The van der Waals surface area contributed by atoms with Crippen molar-refractivity contribution in [3.63, 3.8) is 0 Å². The molecule has 0 bridgehead atoms. The van der Waals surface area contributed by atoms with Gasteiger partial charge in [0, 0.05) is 37.1 Å². The predicted octanol–water partition coefficient (Wildman–Crippen LogP) is 3.49. The van der Waals surface area contributed by atoms with E-state index in [2.05, 4.69) is 15.9 Å². The lowest BCUT2D eigenvalue weighted by Gasteiger charge is -2.35. The Labute approximate surface area is 162 Å². The smallest absolute Gasteiger partial charge is 0.471 e. The van der Waals surface area contributed by atoms with Crippen molar-refractivity contribution in [3.05, 3.63) is 27.7 Å². The number of nitrogens with zero attached hydrogens (tertiary/aromatic N) is 2. The summed E-state index contributed by atoms with van der Waals surface area (Å²) in [6, 6.07) is 5.20. The summed E-state index contributed by atoms with van der Waals surface area (Å²) in [7, 11) is 0. The largest absolute Gasteiger partial charge is 0.492 e. The maximum atomic E-state index is 12.4. The molecule has 1 aliphatic rings. The first-order valence-corrected chi connectivity index (χ1v) is 9.07. The molecule has 1 aliphatic heterocycles. The maximum Gasteiger partial charge on any atom is 0.471 e. The Bertz CT molecular complexity index is 665. The molecule has 0 N–H and O–H groups in total. The number of amides is 2. The fraction of sp³-hybridized carbons (Fsp3) is 0.500. The zero-order valence-corrected chi connectivity index (χ0v) is 16.0. The summed E-state index contributed by atoms with van der Waals surface area (Å²) in [5.74, 6) is -1.51. The van der Waals surface area contributed by atoms with Gasteiger partial charge in [0.2, 0.25) is 5.91 Å². The van der Waals surface area contributed by atoms with Gasteiger partial charge in [-0.05, 0) is 24.6 Å². The molecule has 0 aromatic heterocycles. The van der Waals surface area contributed by atoms with Crippen LogP contribution in [0, 0.1) is 0 Å². The fourth-order valence-corrected chi connectivity index (χ4v) is 3.22. The number of ether oxygens (including phenoxy) is 1. The molecule has 0 aliphatic carbocycles. The van der Waals surface area contributed by atoms with Gasteiger partial charge in [0.05, 0.1) is 11.6 Å². The highest BCUT2D eigenvalue weighted by atomic mass is 79.9. The van der Waals surface area contributed by atoms with E-state index >= 15 is 0 Å². The molecule has 5 nitrogen and oxygen atoms in total. The van der Waals surface area contributed by atoms with Crippen LogP contribution in [0.2, 0.25) is 5.02 Å². The number of hydrogen-bond donors (Lipinski definition) is 0. The molecule has 0 spiro atoms. The average Bonchev–Trinajstić information content (AvgIpc) is 2.58. The van der Waals surface area contributed by atoms with Crippen LogP contribution < -0.4 is 4.74 Å². The number of piperazine rings is 1. The number of carbonyl (C=O) groups is 2. The van der Waals surface area contributed by atoms with Gasteiger partial charge in [0.15, 0.2) is 0 Å².